The van der Waals surface area contributed by atoms with Crippen LogP contribution in [0.2, 0.25) is 0 Å². The predicted octanol–water partition coefficient (Wildman–Crippen LogP) is 3.74. The van der Waals surface area contributed by atoms with Crippen molar-refractivity contribution in [1.82, 2.24) is 10.2 Å². The Morgan fingerprint density at radius 3 is 2.27 bits per heavy atom. The number of benzene rings is 2. The van der Waals surface area contributed by atoms with Gasteiger partial charge in [0.2, 0.25) is 5.91 Å². The van der Waals surface area contributed by atoms with Crippen LogP contribution in [0.3, 0.4) is 0 Å². The van der Waals surface area contributed by atoms with Crippen LogP contribution in [-0.2, 0) is 11.3 Å². The molecule has 0 aliphatic carbocycles. The number of furan rings is 1. The van der Waals surface area contributed by atoms with Crippen molar-refractivity contribution < 1.29 is 18.8 Å². The number of amides is 3. The average Bonchev–Trinajstić information content (AvgIpc) is 3.36. The number of carbonyl (C=O) groups is 3. The van der Waals surface area contributed by atoms with Gasteiger partial charge in [0, 0.05) is 35.6 Å². The Kier molecular flexibility index (Phi) is 8.24. The van der Waals surface area contributed by atoms with Gasteiger partial charge in [-0.3, -0.25) is 14.4 Å². The quantitative estimate of drug-likeness (QED) is 0.438. The van der Waals surface area contributed by atoms with Crippen LogP contribution in [-0.4, -0.2) is 42.3 Å². The fourth-order valence-corrected chi connectivity index (χ4v) is 3.26. The van der Waals surface area contributed by atoms with Crippen molar-refractivity contribution in [3.8, 4) is 0 Å². The van der Waals surface area contributed by atoms with Crippen LogP contribution in [0.15, 0.2) is 71.3 Å². The first kappa shape index (κ1) is 23.6. The maximum atomic E-state index is 12.5. The van der Waals surface area contributed by atoms with Crippen LogP contribution in [0, 0.1) is 0 Å². The molecule has 0 radical (unpaired) electrons. The molecule has 0 bridgehead atoms. The molecule has 0 aliphatic heterocycles. The Hall–Kier alpha value is -4.07. The molecule has 3 N–H and O–H groups in total. The van der Waals surface area contributed by atoms with Gasteiger partial charge >= 0.3 is 0 Å². The van der Waals surface area contributed by atoms with Gasteiger partial charge in [-0.15, -0.1) is 0 Å². The van der Waals surface area contributed by atoms with Crippen LogP contribution in [0.4, 0.5) is 11.4 Å². The number of hydrogen-bond donors (Lipinski definition) is 3. The van der Waals surface area contributed by atoms with Gasteiger partial charge in [-0.25, -0.2) is 0 Å². The molecule has 8 nitrogen and oxygen atoms in total. The molecule has 3 aromatic rings. The number of anilines is 2. The number of nitrogens with zero attached hydrogens (tertiary/aromatic N) is 1. The molecule has 3 amide bonds. The third-order valence-electron chi connectivity index (χ3n) is 5.03. The Labute approximate surface area is 193 Å². The Morgan fingerprint density at radius 2 is 1.58 bits per heavy atom. The standard InChI is InChI=1S/C25H28N4O4/c1-3-29(4-2)25(32)19-9-6-10-20(15-19)26-17-23(30)28-21-11-5-8-18(14-21)24(31)27-16-22-12-7-13-33-22/h5-15,26H,3-4,16-17H2,1-2H3,(H,27,31)(H,28,30). The van der Waals surface area contributed by atoms with E-state index in [0.717, 1.165) is 0 Å². The molecule has 172 valence electrons. The molecule has 0 spiro atoms. The second-order valence-electron chi connectivity index (χ2n) is 7.30. The molecule has 1 heterocycles. The Balaban J connectivity index is 1.54. The van der Waals surface area contributed by atoms with E-state index in [1.54, 1.807) is 71.8 Å². The molecule has 1 aromatic heterocycles. The highest BCUT2D eigenvalue weighted by Crippen LogP contribution is 2.14. The van der Waals surface area contributed by atoms with E-state index in [0.29, 0.717) is 41.4 Å². The van der Waals surface area contributed by atoms with E-state index in [1.807, 2.05) is 13.8 Å². The Bertz CT molecular complexity index is 1090. The summed E-state index contributed by atoms with van der Waals surface area (Å²) in [7, 11) is 0. The smallest absolute Gasteiger partial charge is 0.253 e. The third kappa shape index (κ3) is 6.70. The summed E-state index contributed by atoms with van der Waals surface area (Å²) >= 11 is 0. The second kappa shape index (κ2) is 11.5. The largest absolute Gasteiger partial charge is 0.467 e. The maximum Gasteiger partial charge on any atom is 0.253 e. The Morgan fingerprint density at radius 1 is 0.879 bits per heavy atom. The monoisotopic (exact) mass is 448 g/mol. The van der Waals surface area contributed by atoms with Crippen molar-refractivity contribution in [3.05, 3.63) is 83.8 Å². The molecule has 0 unspecified atom stereocenters. The lowest BCUT2D eigenvalue weighted by Gasteiger charge is -2.19. The average molecular weight is 449 g/mol. The molecule has 2 aromatic carbocycles. The van der Waals surface area contributed by atoms with Crippen LogP contribution >= 0.6 is 0 Å². The van der Waals surface area contributed by atoms with Crippen molar-refractivity contribution in [2.45, 2.75) is 20.4 Å². The van der Waals surface area contributed by atoms with Crippen molar-refractivity contribution in [2.75, 3.05) is 30.3 Å². The highest BCUT2D eigenvalue weighted by Gasteiger charge is 2.13. The summed E-state index contributed by atoms with van der Waals surface area (Å²) < 4.78 is 5.20. The molecule has 0 saturated heterocycles. The molecular weight excluding hydrogens is 420 g/mol. The summed E-state index contributed by atoms with van der Waals surface area (Å²) in [6, 6.07) is 17.3. The molecule has 8 heteroatoms. The molecule has 0 aliphatic rings. The van der Waals surface area contributed by atoms with Crippen LogP contribution in [0.5, 0.6) is 0 Å². The summed E-state index contributed by atoms with van der Waals surface area (Å²) in [4.78, 5) is 39.0. The van der Waals surface area contributed by atoms with Gasteiger partial charge in [-0.05, 0) is 62.4 Å². The zero-order valence-electron chi connectivity index (χ0n) is 18.8. The topological polar surface area (TPSA) is 104 Å². The zero-order chi connectivity index (χ0) is 23.6. The van der Waals surface area contributed by atoms with Crippen LogP contribution in [0.1, 0.15) is 40.3 Å². The van der Waals surface area contributed by atoms with Gasteiger partial charge in [-0.1, -0.05) is 12.1 Å². The minimum atomic E-state index is -0.274. The maximum absolute atomic E-state index is 12.5. The second-order valence-corrected chi connectivity index (χ2v) is 7.30. The summed E-state index contributed by atoms with van der Waals surface area (Å²) in [5.74, 6) is 0.0657. The van der Waals surface area contributed by atoms with E-state index in [4.69, 9.17) is 4.42 Å². The number of rotatable bonds is 10. The lowest BCUT2D eigenvalue weighted by atomic mass is 10.1. The van der Waals surface area contributed by atoms with E-state index < -0.39 is 0 Å². The van der Waals surface area contributed by atoms with E-state index in [1.165, 1.54) is 0 Å². The van der Waals surface area contributed by atoms with E-state index in [2.05, 4.69) is 16.0 Å². The van der Waals surface area contributed by atoms with E-state index in [9.17, 15) is 14.4 Å². The number of hydrogen-bond acceptors (Lipinski definition) is 5. The lowest BCUT2D eigenvalue weighted by Crippen LogP contribution is -2.30. The first-order chi connectivity index (χ1) is 16.0. The van der Waals surface area contributed by atoms with Gasteiger partial charge in [0.25, 0.3) is 11.8 Å². The molecule has 0 saturated carbocycles. The highest BCUT2D eigenvalue weighted by atomic mass is 16.3. The summed E-state index contributed by atoms with van der Waals surface area (Å²) in [5.41, 5.74) is 2.18. The van der Waals surface area contributed by atoms with Gasteiger partial charge in [-0.2, -0.15) is 0 Å². The minimum absolute atomic E-state index is 0.0117. The fourth-order valence-electron chi connectivity index (χ4n) is 3.26. The first-order valence-electron chi connectivity index (χ1n) is 10.8. The van der Waals surface area contributed by atoms with Crippen LogP contribution in [0.25, 0.3) is 0 Å². The first-order valence-corrected chi connectivity index (χ1v) is 10.8. The normalized spacial score (nSPS) is 10.4. The van der Waals surface area contributed by atoms with Gasteiger partial charge in [0.1, 0.15) is 5.76 Å². The predicted molar refractivity (Wildman–Crippen MR) is 127 cm³/mol. The van der Waals surface area contributed by atoms with Gasteiger partial charge in [0.15, 0.2) is 0 Å². The minimum Gasteiger partial charge on any atom is -0.467 e. The lowest BCUT2D eigenvalue weighted by molar-refractivity contribution is -0.114. The summed E-state index contributed by atoms with van der Waals surface area (Å²) in [6.45, 7) is 5.43. The number of nitrogens with one attached hydrogen (secondary N) is 3. The van der Waals surface area contributed by atoms with E-state index >= 15 is 0 Å². The zero-order valence-corrected chi connectivity index (χ0v) is 18.8. The van der Waals surface area contributed by atoms with Crippen molar-refractivity contribution >= 4 is 29.1 Å². The molecule has 0 atom stereocenters. The van der Waals surface area contributed by atoms with Gasteiger partial charge < -0.3 is 25.3 Å². The number of carbonyl (C=O) groups excluding carboxylic acids is 3. The van der Waals surface area contributed by atoms with Gasteiger partial charge in [0.05, 0.1) is 19.4 Å². The van der Waals surface area contributed by atoms with Crippen molar-refractivity contribution in [3.63, 3.8) is 0 Å². The summed E-state index contributed by atoms with van der Waals surface area (Å²) in [6.07, 6.45) is 1.55. The van der Waals surface area contributed by atoms with E-state index in [-0.39, 0.29) is 30.8 Å². The molecule has 33 heavy (non-hydrogen) atoms. The molecule has 0 fully saturated rings. The van der Waals surface area contributed by atoms with Crippen molar-refractivity contribution in [1.29, 1.82) is 0 Å². The van der Waals surface area contributed by atoms with Crippen LogP contribution < -0.4 is 16.0 Å². The molecule has 3 rings (SSSR count). The highest BCUT2D eigenvalue weighted by molar-refractivity contribution is 5.98. The SMILES string of the molecule is CCN(CC)C(=O)c1cccc(NCC(=O)Nc2cccc(C(=O)NCc3ccco3)c2)c1. The summed E-state index contributed by atoms with van der Waals surface area (Å²) in [5, 5.41) is 8.58. The third-order valence-corrected chi connectivity index (χ3v) is 5.03. The molecular formula is C25H28N4O4. The fraction of sp³-hybridized carbons (Fsp3) is 0.240. The van der Waals surface area contributed by atoms with Crippen molar-refractivity contribution in [2.24, 2.45) is 0 Å².